The van der Waals surface area contributed by atoms with E-state index >= 15 is 0 Å². The van der Waals surface area contributed by atoms with Crippen molar-refractivity contribution < 1.29 is 14.3 Å². The Hall–Kier alpha value is -3.38. The first-order valence-electron chi connectivity index (χ1n) is 10.4. The molecule has 0 unspecified atom stereocenters. The van der Waals surface area contributed by atoms with E-state index in [1.54, 1.807) is 19.1 Å². The summed E-state index contributed by atoms with van der Waals surface area (Å²) in [5.74, 6) is 1.37. The second-order valence-electron chi connectivity index (χ2n) is 7.72. The Morgan fingerprint density at radius 2 is 1.69 bits per heavy atom. The Labute approximate surface area is 192 Å². The van der Waals surface area contributed by atoms with Crippen LogP contribution in [0.15, 0.2) is 60.7 Å². The third-order valence-electron chi connectivity index (χ3n) is 5.46. The molecule has 0 fully saturated rings. The van der Waals surface area contributed by atoms with Gasteiger partial charge in [-0.05, 0) is 42.7 Å². The van der Waals surface area contributed by atoms with Crippen molar-refractivity contribution in [2.24, 2.45) is 0 Å². The van der Waals surface area contributed by atoms with Gasteiger partial charge in [-0.2, -0.15) is 0 Å². The molecule has 0 aliphatic rings. The number of anilines is 1. The summed E-state index contributed by atoms with van der Waals surface area (Å²) in [6, 6.07) is 19.9. The summed E-state index contributed by atoms with van der Waals surface area (Å²) in [5, 5.41) is 0.627. The standard InChI is InChI=1S/C26H26N2O3S/c1-17-10-11-18(2)20(14-17)15-23(29)28(16-19-8-6-5-7-9-19)26-27-24-21(30-3)12-13-22(31-4)25(24)32-26/h5-14H,15-16H2,1-4H3. The monoisotopic (exact) mass is 446 g/mol. The van der Waals surface area contributed by atoms with Crippen LogP contribution < -0.4 is 14.4 Å². The molecule has 0 spiro atoms. The molecule has 1 heterocycles. The van der Waals surface area contributed by atoms with E-state index < -0.39 is 0 Å². The number of rotatable bonds is 7. The van der Waals surface area contributed by atoms with Crippen molar-refractivity contribution >= 4 is 32.6 Å². The van der Waals surface area contributed by atoms with Crippen LogP contribution in [0.25, 0.3) is 10.2 Å². The molecule has 0 aliphatic heterocycles. The minimum absolute atomic E-state index is 0.000423. The van der Waals surface area contributed by atoms with Crippen LogP contribution in [0.2, 0.25) is 0 Å². The van der Waals surface area contributed by atoms with Crippen LogP contribution in [0.1, 0.15) is 22.3 Å². The van der Waals surface area contributed by atoms with Crippen molar-refractivity contribution in [3.8, 4) is 11.5 Å². The highest BCUT2D eigenvalue weighted by molar-refractivity contribution is 7.22. The summed E-state index contributed by atoms with van der Waals surface area (Å²) in [5.41, 5.74) is 5.02. The lowest BCUT2D eigenvalue weighted by atomic mass is 10.0. The summed E-state index contributed by atoms with van der Waals surface area (Å²) in [7, 11) is 3.25. The summed E-state index contributed by atoms with van der Waals surface area (Å²) in [4.78, 5) is 20.2. The third-order valence-corrected chi connectivity index (χ3v) is 6.55. The Morgan fingerprint density at radius 1 is 0.969 bits per heavy atom. The van der Waals surface area contributed by atoms with Crippen LogP contribution in [0, 0.1) is 13.8 Å². The molecule has 0 N–H and O–H groups in total. The normalized spacial score (nSPS) is 10.9. The third kappa shape index (κ3) is 4.46. The van der Waals surface area contributed by atoms with Crippen LogP contribution in [-0.4, -0.2) is 25.1 Å². The lowest BCUT2D eigenvalue weighted by molar-refractivity contribution is -0.118. The number of benzene rings is 3. The highest BCUT2D eigenvalue weighted by Crippen LogP contribution is 2.40. The van der Waals surface area contributed by atoms with Crippen LogP contribution in [0.3, 0.4) is 0 Å². The number of ether oxygens (including phenoxy) is 2. The maximum Gasteiger partial charge on any atom is 0.233 e. The van der Waals surface area contributed by atoms with E-state index in [1.807, 2.05) is 56.3 Å². The highest BCUT2D eigenvalue weighted by atomic mass is 32.1. The second kappa shape index (κ2) is 9.40. The lowest BCUT2D eigenvalue weighted by Crippen LogP contribution is -2.31. The van der Waals surface area contributed by atoms with Gasteiger partial charge in [-0.25, -0.2) is 4.98 Å². The van der Waals surface area contributed by atoms with Gasteiger partial charge in [0.15, 0.2) is 5.13 Å². The fourth-order valence-electron chi connectivity index (χ4n) is 3.67. The van der Waals surface area contributed by atoms with Crippen molar-refractivity contribution in [2.45, 2.75) is 26.8 Å². The van der Waals surface area contributed by atoms with E-state index in [2.05, 4.69) is 18.2 Å². The van der Waals surface area contributed by atoms with Gasteiger partial charge >= 0.3 is 0 Å². The van der Waals surface area contributed by atoms with Gasteiger partial charge in [-0.3, -0.25) is 9.69 Å². The molecule has 32 heavy (non-hydrogen) atoms. The zero-order valence-corrected chi connectivity index (χ0v) is 19.5. The molecule has 164 valence electrons. The number of carbonyl (C=O) groups excluding carboxylic acids is 1. The summed E-state index contributed by atoms with van der Waals surface area (Å²) in [6.45, 7) is 4.52. The fraction of sp³-hybridized carbons (Fsp3) is 0.231. The molecular formula is C26H26N2O3S. The molecule has 0 aliphatic carbocycles. The van der Waals surface area contributed by atoms with E-state index in [4.69, 9.17) is 14.5 Å². The Bertz CT molecular complexity index is 1210. The SMILES string of the molecule is COc1ccc(OC)c2sc(N(Cc3ccccc3)C(=O)Cc3cc(C)ccc3C)nc12. The van der Waals surface area contributed by atoms with Crippen molar-refractivity contribution in [3.63, 3.8) is 0 Å². The van der Waals surface area contributed by atoms with Gasteiger partial charge in [0, 0.05) is 0 Å². The number of nitrogens with zero attached hydrogens (tertiary/aromatic N) is 2. The molecule has 5 nitrogen and oxygen atoms in total. The molecule has 0 radical (unpaired) electrons. The second-order valence-corrected chi connectivity index (χ2v) is 8.69. The first-order chi connectivity index (χ1) is 15.5. The average molecular weight is 447 g/mol. The van der Waals surface area contributed by atoms with Crippen molar-refractivity contribution in [1.82, 2.24) is 4.98 Å². The topological polar surface area (TPSA) is 51.7 Å². The van der Waals surface area contributed by atoms with E-state index in [0.29, 0.717) is 35.1 Å². The lowest BCUT2D eigenvalue weighted by Gasteiger charge is -2.21. The predicted molar refractivity (Wildman–Crippen MR) is 130 cm³/mol. The molecule has 0 saturated heterocycles. The Balaban J connectivity index is 1.77. The van der Waals surface area contributed by atoms with Crippen molar-refractivity contribution in [1.29, 1.82) is 0 Å². The first-order valence-corrected chi connectivity index (χ1v) is 11.2. The fourth-order valence-corrected chi connectivity index (χ4v) is 4.76. The maximum atomic E-state index is 13.6. The number of aryl methyl sites for hydroxylation is 2. The number of hydrogen-bond donors (Lipinski definition) is 0. The first kappa shape index (κ1) is 21.8. The van der Waals surface area contributed by atoms with Gasteiger partial charge < -0.3 is 9.47 Å². The van der Waals surface area contributed by atoms with Crippen LogP contribution in [-0.2, 0) is 17.8 Å². The maximum absolute atomic E-state index is 13.6. The molecule has 0 saturated carbocycles. The quantitative estimate of drug-likeness (QED) is 0.365. The molecule has 1 amide bonds. The van der Waals surface area contributed by atoms with Crippen LogP contribution in [0.5, 0.6) is 11.5 Å². The molecule has 0 bridgehead atoms. The number of amides is 1. The number of hydrogen-bond acceptors (Lipinski definition) is 5. The van der Waals surface area contributed by atoms with E-state index in [0.717, 1.165) is 27.0 Å². The van der Waals surface area contributed by atoms with Gasteiger partial charge in [-0.15, -0.1) is 0 Å². The number of methoxy groups -OCH3 is 2. The smallest absolute Gasteiger partial charge is 0.233 e. The largest absolute Gasteiger partial charge is 0.495 e. The molecule has 1 aromatic heterocycles. The van der Waals surface area contributed by atoms with E-state index in [-0.39, 0.29) is 5.91 Å². The van der Waals surface area contributed by atoms with Crippen molar-refractivity contribution in [2.75, 3.05) is 19.1 Å². The zero-order valence-electron chi connectivity index (χ0n) is 18.7. The molecule has 3 aromatic carbocycles. The van der Waals surface area contributed by atoms with Crippen LogP contribution >= 0.6 is 11.3 Å². The summed E-state index contributed by atoms with van der Waals surface area (Å²) in [6.07, 6.45) is 0.310. The summed E-state index contributed by atoms with van der Waals surface area (Å²) >= 11 is 1.44. The Kier molecular flexibility index (Phi) is 6.42. The number of fused-ring (bicyclic) bond motifs is 1. The number of carbonyl (C=O) groups is 1. The van der Waals surface area contributed by atoms with Gasteiger partial charge in [-0.1, -0.05) is 65.4 Å². The van der Waals surface area contributed by atoms with Gasteiger partial charge in [0.1, 0.15) is 21.7 Å². The molecule has 4 rings (SSSR count). The Morgan fingerprint density at radius 3 is 2.41 bits per heavy atom. The van der Waals surface area contributed by atoms with Crippen LogP contribution in [0.4, 0.5) is 5.13 Å². The van der Waals surface area contributed by atoms with E-state index in [9.17, 15) is 4.79 Å². The molecular weight excluding hydrogens is 420 g/mol. The van der Waals surface area contributed by atoms with Gasteiger partial charge in [0.2, 0.25) is 5.91 Å². The number of thiazole rings is 1. The predicted octanol–water partition coefficient (Wildman–Crippen LogP) is 5.71. The average Bonchev–Trinajstić information content (AvgIpc) is 3.25. The summed E-state index contributed by atoms with van der Waals surface area (Å²) < 4.78 is 11.9. The van der Waals surface area contributed by atoms with Gasteiger partial charge in [0.05, 0.1) is 27.2 Å². The number of aromatic nitrogens is 1. The molecule has 4 aromatic rings. The molecule has 6 heteroatoms. The minimum Gasteiger partial charge on any atom is -0.495 e. The highest BCUT2D eigenvalue weighted by Gasteiger charge is 2.23. The van der Waals surface area contributed by atoms with Crippen molar-refractivity contribution in [3.05, 3.63) is 82.9 Å². The minimum atomic E-state index is -0.000423. The molecule has 0 atom stereocenters. The van der Waals surface area contributed by atoms with Gasteiger partial charge in [0.25, 0.3) is 0 Å². The zero-order chi connectivity index (χ0) is 22.7. The van der Waals surface area contributed by atoms with E-state index in [1.165, 1.54) is 11.3 Å².